The zero-order chi connectivity index (χ0) is 32.4. The van der Waals surface area contributed by atoms with Crippen molar-refractivity contribution in [3.05, 3.63) is 77.4 Å². The van der Waals surface area contributed by atoms with E-state index in [0.29, 0.717) is 35.7 Å². The fourth-order valence-corrected chi connectivity index (χ4v) is 5.49. The molecule has 5 atom stereocenters. The Hall–Kier alpha value is -3.31. The van der Waals surface area contributed by atoms with Crippen LogP contribution in [0.25, 0.3) is 6.08 Å². The summed E-state index contributed by atoms with van der Waals surface area (Å²) in [5.74, 6) is -0.302. The number of methoxy groups -OCH3 is 1. The van der Waals surface area contributed by atoms with Gasteiger partial charge >= 0.3 is 11.9 Å². The van der Waals surface area contributed by atoms with E-state index in [9.17, 15) is 9.59 Å². The Morgan fingerprint density at radius 2 is 1.84 bits per heavy atom. The van der Waals surface area contributed by atoms with Crippen LogP contribution in [0.2, 0.25) is 0 Å². The van der Waals surface area contributed by atoms with Crippen molar-refractivity contribution in [2.24, 2.45) is 5.92 Å². The SMILES string of the molecule is COCOc1cc(OCCCSC)cc2c1C(=O)O[C@@H](C)[C@H](C)/C=C\C(OC(=O)c1ccccc1)C1OC(C)(C)OC1CC=C2. The van der Waals surface area contributed by atoms with Crippen molar-refractivity contribution in [3.63, 3.8) is 0 Å². The van der Waals surface area contributed by atoms with Crippen LogP contribution in [0, 0.1) is 5.92 Å². The summed E-state index contributed by atoms with van der Waals surface area (Å²) in [5, 5.41) is 0. The van der Waals surface area contributed by atoms with Gasteiger partial charge in [0.1, 0.15) is 35.4 Å². The summed E-state index contributed by atoms with van der Waals surface area (Å²) in [7, 11) is 1.52. The second-order valence-electron chi connectivity index (χ2n) is 11.5. The van der Waals surface area contributed by atoms with E-state index in [1.165, 1.54) is 7.11 Å². The fourth-order valence-electron chi connectivity index (χ4n) is 5.08. The molecule has 0 radical (unpaired) electrons. The predicted octanol–water partition coefficient (Wildman–Crippen LogP) is 6.70. The van der Waals surface area contributed by atoms with Gasteiger partial charge in [0.25, 0.3) is 0 Å². The zero-order valence-electron chi connectivity index (χ0n) is 26.9. The third kappa shape index (κ3) is 9.59. The average Bonchev–Trinajstić information content (AvgIpc) is 3.33. The van der Waals surface area contributed by atoms with E-state index in [1.807, 2.05) is 58.1 Å². The molecule has 1 fully saturated rings. The first-order valence-corrected chi connectivity index (χ1v) is 16.6. The number of ether oxygens (including phenoxy) is 7. The van der Waals surface area contributed by atoms with Gasteiger partial charge in [0.05, 0.1) is 18.3 Å². The lowest BCUT2D eigenvalue weighted by Gasteiger charge is -2.25. The van der Waals surface area contributed by atoms with Crippen LogP contribution in [0.4, 0.5) is 0 Å². The number of fused-ring (bicyclic) bond motifs is 2. The normalized spacial score (nSPS) is 25.3. The van der Waals surface area contributed by atoms with Gasteiger partial charge in [-0.05, 0) is 75.5 Å². The average molecular weight is 641 g/mol. The highest BCUT2D eigenvalue weighted by molar-refractivity contribution is 7.98. The van der Waals surface area contributed by atoms with Gasteiger partial charge < -0.3 is 33.2 Å². The van der Waals surface area contributed by atoms with E-state index < -0.39 is 42.1 Å². The standard InChI is InChI=1S/C35H44O9S/c1-23-16-17-28(42-33(36)25-12-8-7-9-13-25)32-29(43-35(3,4)44-32)15-10-14-26-20-27(39-18-11-19-45-6)21-30(40-22-38-5)31(26)34(37)41-24(23)2/h7-10,12-14,16-17,20-21,23-24,28-29,32H,11,15,18-19,22H2,1-6H3/b14-10?,17-16-/t23-,24+,28?,29?,32?/m1/s1. The molecule has 9 nitrogen and oxygen atoms in total. The van der Waals surface area contributed by atoms with Gasteiger partial charge in [-0.1, -0.05) is 43.4 Å². The number of benzene rings is 2. The quantitative estimate of drug-likeness (QED) is 0.121. The Bertz CT molecular complexity index is 1340. The van der Waals surface area contributed by atoms with Gasteiger partial charge in [-0.25, -0.2) is 9.59 Å². The Kier molecular flexibility index (Phi) is 12.5. The molecule has 0 aromatic heterocycles. The summed E-state index contributed by atoms with van der Waals surface area (Å²) < 4.78 is 41.7. The van der Waals surface area contributed by atoms with E-state index in [1.54, 1.807) is 48.2 Å². The molecular formula is C35H44O9S. The van der Waals surface area contributed by atoms with Crippen LogP contribution in [0.15, 0.2) is 60.7 Å². The highest BCUT2D eigenvalue weighted by Gasteiger charge is 2.45. The number of rotatable bonds is 10. The first-order valence-electron chi connectivity index (χ1n) is 15.2. The van der Waals surface area contributed by atoms with E-state index in [2.05, 4.69) is 6.26 Å². The van der Waals surface area contributed by atoms with Gasteiger partial charge in [-0.15, -0.1) is 0 Å². The van der Waals surface area contributed by atoms with Crippen LogP contribution in [-0.2, 0) is 23.7 Å². The molecule has 4 rings (SSSR count). The lowest BCUT2D eigenvalue weighted by atomic mass is 9.98. The van der Waals surface area contributed by atoms with Gasteiger partial charge in [0.2, 0.25) is 0 Å². The van der Waals surface area contributed by atoms with Gasteiger partial charge in [0.15, 0.2) is 12.6 Å². The van der Waals surface area contributed by atoms with Crippen LogP contribution >= 0.6 is 11.8 Å². The number of hydrogen-bond donors (Lipinski definition) is 0. The second-order valence-corrected chi connectivity index (χ2v) is 12.5. The molecule has 0 bridgehead atoms. The van der Waals surface area contributed by atoms with Gasteiger partial charge in [-0.2, -0.15) is 11.8 Å². The molecule has 2 aliphatic rings. The minimum atomic E-state index is -0.906. The molecule has 1 saturated heterocycles. The summed E-state index contributed by atoms with van der Waals surface area (Å²) in [6, 6.07) is 12.3. The number of esters is 2. The van der Waals surface area contributed by atoms with Crippen LogP contribution in [0.3, 0.4) is 0 Å². The third-order valence-corrected chi connectivity index (χ3v) is 8.20. The van der Waals surface area contributed by atoms with Gasteiger partial charge in [0, 0.05) is 19.1 Å². The zero-order valence-corrected chi connectivity index (χ0v) is 27.7. The molecule has 244 valence electrons. The van der Waals surface area contributed by atoms with Crippen LogP contribution < -0.4 is 9.47 Å². The molecule has 0 N–H and O–H groups in total. The highest BCUT2D eigenvalue weighted by atomic mass is 32.2. The second kappa shape index (κ2) is 16.3. The smallest absolute Gasteiger partial charge is 0.342 e. The lowest BCUT2D eigenvalue weighted by Crippen LogP contribution is -2.37. The van der Waals surface area contributed by atoms with Crippen molar-refractivity contribution in [2.75, 3.05) is 32.5 Å². The molecule has 2 heterocycles. The number of thioether (sulfide) groups is 1. The Balaban J connectivity index is 1.72. The Labute approximate surface area is 270 Å². The topological polar surface area (TPSA) is 98.8 Å². The predicted molar refractivity (Wildman–Crippen MR) is 174 cm³/mol. The molecular weight excluding hydrogens is 596 g/mol. The molecule has 0 amide bonds. The summed E-state index contributed by atoms with van der Waals surface area (Å²) in [4.78, 5) is 26.8. The van der Waals surface area contributed by atoms with E-state index in [0.717, 1.165) is 12.2 Å². The molecule has 45 heavy (non-hydrogen) atoms. The molecule has 0 spiro atoms. The molecule has 2 aromatic rings. The molecule has 3 unspecified atom stereocenters. The summed E-state index contributed by atoms with van der Waals surface area (Å²) in [6.07, 6.45) is 8.44. The van der Waals surface area contributed by atoms with Crippen molar-refractivity contribution in [1.82, 2.24) is 0 Å². The maximum absolute atomic E-state index is 13.7. The number of carbonyl (C=O) groups excluding carboxylic acids is 2. The first-order chi connectivity index (χ1) is 21.6. The fraction of sp³-hybridized carbons (Fsp3) is 0.486. The van der Waals surface area contributed by atoms with E-state index in [-0.39, 0.29) is 18.3 Å². The van der Waals surface area contributed by atoms with Crippen molar-refractivity contribution >= 4 is 29.8 Å². The Morgan fingerprint density at radius 1 is 1.07 bits per heavy atom. The molecule has 2 aliphatic heterocycles. The Morgan fingerprint density at radius 3 is 2.58 bits per heavy atom. The number of carbonyl (C=O) groups is 2. The minimum Gasteiger partial charge on any atom is -0.493 e. The van der Waals surface area contributed by atoms with Gasteiger partial charge in [-0.3, -0.25) is 0 Å². The van der Waals surface area contributed by atoms with E-state index in [4.69, 9.17) is 33.2 Å². The summed E-state index contributed by atoms with van der Waals surface area (Å²) >= 11 is 1.75. The maximum atomic E-state index is 13.7. The number of cyclic esters (lactones) is 1. The van der Waals surface area contributed by atoms with Crippen molar-refractivity contribution in [3.8, 4) is 11.5 Å². The number of hydrogen-bond acceptors (Lipinski definition) is 10. The lowest BCUT2D eigenvalue weighted by molar-refractivity contribution is -0.152. The van der Waals surface area contributed by atoms with Crippen LogP contribution in [-0.4, -0.2) is 74.7 Å². The van der Waals surface area contributed by atoms with Crippen molar-refractivity contribution in [1.29, 1.82) is 0 Å². The molecule has 2 aromatic carbocycles. The molecule has 0 saturated carbocycles. The van der Waals surface area contributed by atoms with Crippen LogP contribution in [0.5, 0.6) is 11.5 Å². The maximum Gasteiger partial charge on any atom is 0.342 e. The van der Waals surface area contributed by atoms with Crippen molar-refractivity contribution in [2.45, 2.75) is 70.7 Å². The molecule has 10 heteroatoms. The molecule has 0 aliphatic carbocycles. The first kappa shape index (κ1) is 34.6. The van der Waals surface area contributed by atoms with E-state index >= 15 is 0 Å². The third-order valence-electron chi connectivity index (χ3n) is 7.51. The van der Waals surface area contributed by atoms with Crippen LogP contribution in [0.1, 0.15) is 66.8 Å². The summed E-state index contributed by atoms with van der Waals surface area (Å²) in [5.41, 5.74) is 1.28. The highest BCUT2D eigenvalue weighted by Crippen LogP contribution is 2.36. The van der Waals surface area contributed by atoms with Crippen molar-refractivity contribution < 1.29 is 42.7 Å². The minimum absolute atomic E-state index is 0.0544. The summed E-state index contributed by atoms with van der Waals surface area (Å²) in [6.45, 7) is 7.89. The largest absolute Gasteiger partial charge is 0.493 e. The monoisotopic (exact) mass is 640 g/mol.